The standard InChI is InChI=1S/C7H7.CH3.Zr/c1-7-5-3-2-4-6-7;;/h2-3,5-6H,1H3;1H3;/q2*-1;+2. The van der Waals surface area contributed by atoms with Crippen LogP contribution in [-0.2, 0) is 26.2 Å². The van der Waals surface area contributed by atoms with E-state index in [0.29, 0.717) is 0 Å². The molecular weight excluding hydrogens is 187 g/mol. The monoisotopic (exact) mass is 196 g/mol. The summed E-state index contributed by atoms with van der Waals surface area (Å²) in [6, 6.07) is 10.8. The fourth-order valence-electron chi connectivity index (χ4n) is 0.483. The van der Waals surface area contributed by atoms with Gasteiger partial charge in [-0.05, 0) is 0 Å². The minimum Gasteiger partial charge on any atom is -0.358 e. The van der Waals surface area contributed by atoms with Crippen LogP contribution in [0.1, 0.15) is 5.56 Å². The van der Waals surface area contributed by atoms with E-state index in [1.54, 1.807) is 0 Å². The molecule has 0 aliphatic carbocycles. The molecule has 1 aromatic rings. The maximum absolute atomic E-state index is 2.96. The summed E-state index contributed by atoms with van der Waals surface area (Å²) in [4.78, 5) is 0. The third-order valence-corrected chi connectivity index (χ3v) is 0.863. The molecule has 0 aromatic heterocycles. The predicted octanol–water partition coefficient (Wildman–Crippen LogP) is 2.24. The van der Waals surface area contributed by atoms with Gasteiger partial charge in [-0.15, -0.1) is 0 Å². The van der Waals surface area contributed by atoms with Crippen LogP contribution in [0.15, 0.2) is 24.3 Å². The molecule has 0 radical (unpaired) electrons. The second-order valence-electron chi connectivity index (χ2n) is 1.58. The Labute approximate surface area is 76.4 Å². The zero-order chi connectivity index (χ0) is 5.11. The molecule has 0 saturated heterocycles. The van der Waals surface area contributed by atoms with Gasteiger partial charge in [0.15, 0.2) is 0 Å². The van der Waals surface area contributed by atoms with E-state index >= 15 is 0 Å². The zero-order valence-corrected chi connectivity index (χ0v) is 8.27. The Hall–Kier alpha value is 0.103. The molecule has 0 unspecified atom stereocenters. The van der Waals surface area contributed by atoms with E-state index in [-0.39, 0.29) is 33.6 Å². The van der Waals surface area contributed by atoms with Crippen molar-refractivity contribution in [1.82, 2.24) is 0 Å². The zero-order valence-electron chi connectivity index (χ0n) is 5.81. The van der Waals surface area contributed by atoms with Gasteiger partial charge in [0.2, 0.25) is 0 Å². The number of aryl methyl sites for hydroxylation is 1. The molecule has 0 aliphatic rings. The Morgan fingerprint density at radius 2 is 2.11 bits per heavy atom. The molecule has 1 rings (SSSR count). The van der Waals surface area contributed by atoms with Crippen LogP contribution < -0.4 is 0 Å². The van der Waals surface area contributed by atoms with E-state index in [1.807, 2.05) is 18.2 Å². The van der Waals surface area contributed by atoms with E-state index in [1.165, 1.54) is 5.56 Å². The molecule has 0 aliphatic heterocycles. The molecule has 0 spiro atoms. The van der Waals surface area contributed by atoms with E-state index in [9.17, 15) is 0 Å². The average Bonchev–Trinajstić information content (AvgIpc) is 1.69. The fourth-order valence-corrected chi connectivity index (χ4v) is 0.483. The Morgan fingerprint density at radius 1 is 1.44 bits per heavy atom. The van der Waals surface area contributed by atoms with Gasteiger partial charge in [0.25, 0.3) is 0 Å². The SMILES string of the molecule is Cc1c[c-]ccc1.[CH3-].[Zr+2]. The number of hydrogen-bond donors (Lipinski definition) is 0. The molecule has 0 fully saturated rings. The van der Waals surface area contributed by atoms with E-state index < -0.39 is 0 Å². The van der Waals surface area contributed by atoms with Gasteiger partial charge in [-0.3, -0.25) is 0 Å². The fraction of sp³-hybridized carbons (Fsp3) is 0.125. The van der Waals surface area contributed by atoms with Crippen LogP contribution in [0.3, 0.4) is 0 Å². The van der Waals surface area contributed by atoms with Crippen LogP contribution in [0, 0.1) is 20.4 Å². The van der Waals surface area contributed by atoms with Gasteiger partial charge >= 0.3 is 26.2 Å². The molecule has 0 nitrogen and oxygen atoms in total. The molecule has 0 heterocycles. The van der Waals surface area contributed by atoms with Crippen molar-refractivity contribution in [2.24, 2.45) is 0 Å². The summed E-state index contributed by atoms with van der Waals surface area (Å²) in [7, 11) is 0. The van der Waals surface area contributed by atoms with Gasteiger partial charge in [-0.2, -0.15) is 35.9 Å². The summed E-state index contributed by atoms with van der Waals surface area (Å²) in [5.41, 5.74) is 1.27. The third kappa shape index (κ3) is 4.60. The van der Waals surface area contributed by atoms with Crippen LogP contribution in [0.2, 0.25) is 0 Å². The molecule has 9 heavy (non-hydrogen) atoms. The third-order valence-electron chi connectivity index (χ3n) is 0.863. The van der Waals surface area contributed by atoms with Crippen LogP contribution in [0.5, 0.6) is 0 Å². The first-order chi connectivity index (χ1) is 3.39. The van der Waals surface area contributed by atoms with Gasteiger partial charge in [-0.25, -0.2) is 0 Å². The number of hydrogen-bond acceptors (Lipinski definition) is 0. The summed E-state index contributed by atoms with van der Waals surface area (Å²) >= 11 is 0. The summed E-state index contributed by atoms with van der Waals surface area (Å²) in [5, 5.41) is 0. The Bertz CT molecular complexity index is 134. The van der Waals surface area contributed by atoms with Crippen LogP contribution >= 0.6 is 0 Å². The van der Waals surface area contributed by atoms with E-state index in [0.717, 1.165) is 0 Å². The topological polar surface area (TPSA) is 0 Å². The minimum atomic E-state index is 0. The second-order valence-corrected chi connectivity index (χ2v) is 1.58. The molecule has 0 amide bonds. The maximum atomic E-state index is 2.96. The molecule has 0 saturated carbocycles. The molecule has 1 heteroatoms. The maximum Gasteiger partial charge on any atom is 2.00 e. The molecule has 0 bridgehead atoms. The van der Waals surface area contributed by atoms with Gasteiger partial charge in [0.05, 0.1) is 0 Å². The van der Waals surface area contributed by atoms with Crippen molar-refractivity contribution < 1.29 is 26.2 Å². The van der Waals surface area contributed by atoms with Gasteiger partial charge in [0.1, 0.15) is 0 Å². The quantitative estimate of drug-likeness (QED) is 0.560. The first kappa shape index (κ1) is 11.8. The summed E-state index contributed by atoms with van der Waals surface area (Å²) in [6.07, 6.45) is 0. The molecule has 1 aromatic carbocycles. The number of benzene rings is 1. The van der Waals surface area contributed by atoms with E-state index in [2.05, 4.69) is 19.1 Å². The van der Waals surface area contributed by atoms with Gasteiger partial charge < -0.3 is 7.43 Å². The number of rotatable bonds is 0. The largest absolute Gasteiger partial charge is 2.00 e. The normalized spacial score (nSPS) is 6.78. The van der Waals surface area contributed by atoms with E-state index in [4.69, 9.17) is 0 Å². The van der Waals surface area contributed by atoms with Crippen LogP contribution in [0.25, 0.3) is 0 Å². The van der Waals surface area contributed by atoms with Crippen LogP contribution in [0.4, 0.5) is 0 Å². The van der Waals surface area contributed by atoms with Gasteiger partial charge in [0, 0.05) is 0 Å². The van der Waals surface area contributed by atoms with Crippen molar-refractivity contribution in [3.05, 3.63) is 43.3 Å². The first-order valence-corrected chi connectivity index (χ1v) is 2.32. The average molecular weight is 197 g/mol. The molecule has 46 valence electrons. The van der Waals surface area contributed by atoms with Crippen molar-refractivity contribution in [2.75, 3.05) is 0 Å². The summed E-state index contributed by atoms with van der Waals surface area (Å²) in [5.74, 6) is 0. The van der Waals surface area contributed by atoms with Crippen molar-refractivity contribution in [1.29, 1.82) is 0 Å². The summed E-state index contributed by atoms with van der Waals surface area (Å²) in [6.45, 7) is 2.05. The second kappa shape index (κ2) is 6.23. The predicted molar refractivity (Wildman–Crippen MR) is 36.4 cm³/mol. The molecule has 0 atom stereocenters. The minimum absolute atomic E-state index is 0. The van der Waals surface area contributed by atoms with Crippen molar-refractivity contribution in [3.63, 3.8) is 0 Å². The molecular formula is C8H10Zr. The molecule has 0 N–H and O–H groups in total. The van der Waals surface area contributed by atoms with Crippen molar-refractivity contribution in [3.8, 4) is 0 Å². The Morgan fingerprint density at radius 3 is 2.33 bits per heavy atom. The Balaban J connectivity index is 0. The summed E-state index contributed by atoms with van der Waals surface area (Å²) < 4.78 is 0. The van der Waals surface area contributed by atoms with Gasteiger partial charge in [-0.1, -0.05) is 6.92 Å². The van der Waals surface area contributed by atoms with Crippen molar-refractivity contribution >= 4 is 0 Å². The smallest absolute Gasteiger partial charge is 0.358 e. The first-order valence-electron chi connectivity index (χ1n) is 2.32. The van der Waals surface area contributed by atoms with Crippen LogP contribution in [-0.4, -0.2) is 0 Å². The van der Waals surface area contributed by atoms with Crippen molar-refractivity contribution in [2.45, 2.75) is 6.92 Å². The Kier molecular flexibility index (Phi) is 8.20.